The van der Waals surface area contributed by atoms with Gasteiger partial charge >= 0.3 is 0 Å². The topological polar surface area (TPSA) is 72.7 Å². The highest BCUT2D eigenvalue weighted by Gasteiger charge is 2.08. The first-order valence-electron chi connectivity index (χ1n) is 6.18. The number of hydrogen-bond donors (Lipinski definition) is 1. The molecule has 0 aliphatic carbocycles. The number of aromatic nitrogens is 4. The Balaban J connectivity index is 2.21. The average molecular weight is 269 g/mol. The average Bonchev–Trinajstić information content (AvgIpc) is 3.01. The molecule has 102 valence electrons. The zero-order valence-electron chi connectivity index (χ0n) is 11.3. The molecule has 0 aliphatic rings. The van der Waals surface area contributed by atoms with Crippen LogP contribution in [0.25, 0.3) is 5.69 Å². The van der Waals surface area contributed by atoms with Crippen LogP contribution >= 0.6 is 0 Å². The van der Waals surface area contributed by atoms with Crippen LogP contribution in [0.15, 0.2) is 54.5 Å². The van der Waals surface area contributed by atoms with Gasteiger partial charge in [-0.1, -0.05) is 18.2 Å². The van der Waals surface area contributed by atoms with E-state index in [1.54, 1.807) is 18.2 Å². The molecular weight excluding hydrogens is 254 g/mol. The van der Waals surface area contributed by atoms with Crippen LogP contribution in [0, 0.1) is 0 Å². The van der Waals surface area contributed by atoms with E-state index >= 15 is 0 Å². The van der Waals surface area contributed by atoms with Crippen molar-refractivity contribution in [1.82, 2.24) is 25.5 Å². The minimum absolute atomic E-state index is 0.175. The Morgan fingerprint density at radius 3 is 2.85 bits per heavy atom. The fourth-order valence-corrected chi connectivity index (χ4v) is 1.66. The van der Waals surface area contributed by atoms with Crippen molar-refractivity contribution in [2.75, 3.05) is 0 Å². The summed E-state index contributed by atoms with van der Waals surface area (Å²) in [5, 5.41) is 13.8. The molecule has 1 heterocycles. The quantitative estimate of drug-likeness (QED) is 0.860. The number of carbonyl (C=O) groups is 1. The van der Waals surface area contributed by atoms with Crippen molar-refractivity contribution < 1.29 is 4.79 Å². The fraction of sp³-hybridized carbons (Fsp3) is 0.143. The van der Waals surface area contributed by atoms with Crippen molar-refractivity contribution in [3.63, 3.8) is 0 Å². The predicted molar refractivity (Wildman–Crippen MR) is 75.2 cm³/mol. The summed E-state index contributed by atoms with van der Waals surface area (Å²) in [5.41, 5.74) is 2.03. The van der Waals surface area contributed by atoms with Gasteiger partial charge in [-0.05, 0) is 48.5 Å². The lowest BCUT2D eigenvalue weighted by Gasteiger charge is -2.07. The Hall–Kier alpha value is -2.76. The summed E-state index contributed by atoms with van der Waals surface area (Å²) in [6, 6.07) is 7.09. The van der Waals surface area contributed by atoms with E-state index in [4.69, 9.17) is 0 Å². The summed E-state index contributed by atoms with van der Waals surface area (Å²) in [7, 11) is 0. The molecule has 0 atom stereocenters. The molecule has 20 heavy (non-hydrogen) atoms. The van der Waals surface area contributed by atoms with Crippen molar-refractivity contribution in [1.29, 1.82) is 0 Å². The molecule has 0 bridgehead atoms. The molecule has 0 radical (unpaired) electrons. The lowest BCUT2D eigenvalue weighted by Crippen LogP contribution is -2.21. The van der Waals surface area contributed by atoms with Gasteiger partial charge in [0.1, 0.15) is 6.33 Å². The summed E-state index contributed by atoms with van der Waals surface area (Å²) >= 11 is 0. The van der Waals surface area contributed by atoms with Crippen LogP contribution in [0.4, 0.5) is 0 Å². The first-order chi connectivity index (χ1) is 9.74. The van der Waals surface area contributed by atoms with Crippen LogP contribution in [-0.4, -0.2) is 26.1 Å². The molecule has 1 amide bonds. The smallest absolute Gasteiger partial charge is 0.255 e. The molecule has 0 spiro atoms. The molecule has 2 rings (SSSR count). The second kappa shape index (κ2) is 6.42. The third-order valence-corrected chi connectivity index (χ3v) is 2.64. The Labute approximate surface area is 116 Å². The standard InChI is InChI=1S/C14H15N5O/c1-3-6-12(4-2)16-14(20)11-7-5-8-13(9-11)19-10-15-17-18-19/h3-10H,1-2H3,(H,16,20)/b6-3-,12-4+. The van der Waals surface area contributed by atoms with Crippen LogP contribution in [0.5, 0.6) is 0 Å². The van der Waals surface area contributed by atoms with Crippen molar-refractivity contribution in [2.45, 2.75) is 13.8 Å². The Kier molecular flexibility index (Phi) is 4.39. The zero-order chi connectivity index (χ0) is 14.4. The maximum Gasteiger partial charge on any atom is 0.255 e. The number of benzene rings is 1. The largest absolute Gasteiger partial charge is 0.322 e. The van der Waals surface area contributed by atoms with E-state index in [2.05, 4.69) is 20.8 Å². The number of hydrogen-bond acceptors (Lipinski definition) is 4. The lowest BCUT2D eigenvalue weighted by molar-refractivity contribution is 0.0967. The van der Waals surface area contributed by atoms with Crippen LogP contribution < -0.4 is 5.32 Å². The van der Waals surface area contributed by atoms with Gasteiger partial charge in [0.2, 0.25) is 0 Å². The molecule has 0 unspecified atom stereocenters. The summed E-state index contributed by atoms with van der Waals surface area (Å²) in [6.07, 6.45) is 7.02. The third-order valence-electron chi connectivity index (χ3n) is 2.64. The zero-order valence-corrected chi connectivity index (χ0v) is 11.3. The van der Waals surface area contributed by atoms with Crippen LogP contribution in [0.2, 0.25) is 0 Å². The fourth-order valence-electron chi connectivity index (χ4n) is 1.66. The van der Waals surface area contributed by atoms with E-state index in [-0.39, 0.29) is 5.91 Å². The lowest BCUT2D eigenvalue weighted by atomic mass is 10.2. The summed E-state index contributed by atoms with van der Waals surface area (Å²) in [6.45, 7) is 3.76. The maximum atomic E-state index is 12.2. The summed E-state index contributed by atoms with van der Waals surface area (Å²) < 4.78 is 1.50. The van der Waals surface area contributed by atoms with Crippen LogP contribution in [0.3, 0.4) is 0 Å². The van der Waals surface area contributed by atoms with E-state index in [9.17, 15) is 4.79 Å². The molecule has 2 aromatic rings. The van der Waals surface area contributed by atoms with Crippen molar-refractivity contribution in [3.8, 4) is 5.69 Å². The van der Waals surface area contributed by atoms with Gasteiger partial charge in [0.25, 0.3) is 5.91 Å². The van der Waals surface area contributed by atoms with E-state index in [0.717, 1.165) is 11.4 Å². The van der Waals surface area contributed by atoms with Gasteiger partial charge in [-0.25, -0.2) is 4.68 Å². The highest BCUT2D eigenvalue weighted by atomic mass is 16.1. The first-order valence-corrected chi connectivity index (χ1v) is 6.18. The molecule has 1 aromatic carbocycles. The molecule has 1 aromatic heterocycles. The third kappa shape index (κ3) is 3.17. The van der Waals surface area contributed by atoms with Crippen molar-refractivity contribution >= 4 is 5.91 Å². The number of allylic oxidation sites excluding steroid dienone is 3. The summed E-state index contributed by atoms with van der Waals surface area (Å²) in [5.74, 6) is -0.175. The van der Waals surface area contributed by atoms with Gasteiger partial charge in [-0.2, -0.15) is 0 Å². The highest BCUT2D eigenvalue weighted by Crippen LogP contribution is 2.09. The normalized spacial score (nSPS) is 11.8. The second-order valence-electron chi connectivity index (χ2n) is 4.00. The van der Waals surface area contributed by atoms with Gasteiger partial charge < -0.3 is 5.32 Å². The minimum Gasteiger partial charge on any atom is -0.322 e. The molecule has 6 heteroatoms. The highest BCUT2D eigenvalue weighted by molar-refractivity contribution is 5.96. The molecule has 0 aliphatic heterocycles. The number of tetrazole rings is 1. The Bertz CT molecular complexity index is 643. The van der Waals surface area contributed by atoms with Gasteiger partial charge in [-0.15, -0.1) is 5.10 Å². The molecule has 6 nitrogen and oxygen atoms in total. The molecule has 1 N–H and O–H groups in total. The van der Waals surface area contributed by atoms with E-state index in [1.807, 2.05) is 38.1 Å². The predicted octanol–water partition coefficient (Wildman–Crippen LogP) is 1.87. The maximum absolute atomic E-state index is 12.2. The Morgan fingerprint density at radius 2 is 2.20 bits per heavy atom. The molecular formula is C14H15N5O. The SMILES string of the molecule is C/C=C\C(=C/C)NC(=O)c1cccc(-n2cnnn2)c1. The monoisotopic (exact) mass is 269 g/mol. The van der Waals surface area contributed by atoms with Crippen LogP contribution in [-0.2, 0) is 0 Å². The van der Waals surface area contributed by atoms with Gasteiger partial charge in [0, 0.05) is 11.3 Å². The van der Waals surface area contributed by atoms with Crippen molar-refractivity contribution in [3.05, 3.63) is 60.1 Å². The minimum atomic E-state index is -0.175. The van der Waals surface area contributed by atoms with E-state index in [1.165, 1.54) is 11.0 Å². The first kappa shape index (κ1) is 13.7. The number of nitrogens with zero attached hydrogens (tertiary/aromatic N) is 4. The van der Waals surface area contributed by atoms with E-state index < -0.39 is 0 Å². The summed E-state index contributed by atoms with van der Waals surface area (Å²) in [4.78, 5) is 12.2. The van der Waals surface area contributed by atoms with Gasteiger partial charge in [-0.3, -0.25) is 4.79 Å². The molecule has 0 saturated carbocycles. The Morgan fingerprint density at radius 1 is 1.35 bits per heavy atom. The van der Waals surface area contributed by atoms with Crippen LogP contribution in [0.1, 0.15) is 24.2 Å². The number of rotatable bonds is 4. The molecule has 0 fully saturated rings. The number of amides is 1. The molecule has 0 saturated heterocycles. The second-order valence-corrected chi connectivity index (χ2v) is 4.00. The van der Waals surface area contributed by atoms with E-state index in [0.29, 0.717) is 5.56 Å². The van der Waals surface area contributed by atoms with Gasteiger partial charge in [0.05, 0.1) is 5.69 Å². The number of nitrogens with one attached hydrogen (secondary N) is 1. The van der Waals surface area contributed by atoms with Gasteiger partial charge in [0.15, 0.2) is 0 Å². The van der Waals surface area contributed by atoms with Crippen molar-refractivity contribution in [2.24, 2.45) is 0 Å². The number of carbonyl (C=O) groups excluding carboxylic acids is 1.